The molecule has 0 saturated heterocycles. The van der Waals surface area contributed by atoms with E-state index in [2.05, 4.69) is 18.3 Å². The molecule has 1 unspecified atom stereocenters. The Morgan fingerprint density at radius 1 is 1.86 bits per heavy atom. The first-order valence-corrected chi connectivity index (χ1v) is 2.00. The normalized spacial score (nSPS) is 12.7. The first-order valence-electron chi connectivity index (χ1n) is 2.00. The topological polar surface area (TPSA) is 12.4 Å². The average Bonchev–Trinajstić information content (AvgIpc) is 1.68. The molecule has 7 heavy (non-hydrogen) atoms. The van der Waals surface area contributed by atoms with Gasteiger partial charge in [0.2, 0.25) is 0 Å². The van der Waals surface area contributed by atoms with E-state index in [1.807, 2.05) is 0 Å². The van der Waals surface area contributed by atoms with Gasteiger partial charge in [0.25, 0.3) is 0 Å². The van der Waals surface area contributed by atoms with Gasteiger partial charge in [-0.05, 0) is 6.72 Å². The summed E-state index contributed by atoms with van der Waals surface area (Å²) < 4.78 is 11.9. The Bertz CT molecular complexity index is 70.5. The zero-order chi connectivity index (χ0) is 5.70. The van der Waals surface area contributed by atoms with Crippen molar-refractivity contribution in [1.29, 1.82) is 0 Å². The predicted molar refractivity (Wildman–Crippen MR) is 29.5 cm³/mol. The molecule has 0 aliphatic carbocycles. The summed E-state index contributed by atoms with van der Waals surface area (Å²) in [7, 11) is 0. The van der Waals surface area contributed by atoms with Gasteiger partial charge in [0.05, 0.1) is 6.54 Å². The number of nitrogens with zero attached hydrogens (tertiary/aromatic N) is 1. The fraction of sp³-hybridized carbons (Fsp3) is 0.400. The van der Waals surface area contributed by atoms with Gasteiger partial charge in [0, 0.05) is 0 Å². The second-order valence-electron chi connectivity index (χ2n) is 1.16. The Morgan fingerprint density at radius 2 is 2.43 bits per heavy atom. The molecule has 0 spiro atoms. The third-order valence-corrected chi connectivity index (χ3v) is 0.559. The van der Waals surface area contributed by atoms with Gasteiger partial charge in [-0.1, -0.05) is 6.08 Å². The van der Waals surface area contributed by atoms with Gasteiger partial charge in [-0.3, -0.25) is 4.99 Å². The van der Waals surface area contributed by atoms with Crippen LogP contribution in [0.2, 0.25) is 0 Å². The smallest absolute Gasteiger partial charge is 0.137 e. The highest BCUT2D eigenvalue weighted by atomic mass is 19.1. The highest BCUT2D eigenvalue weighted by Crippen LogP contribution is 1.89. The van der Waals surface area contributed by atoms with Gasteiger partial charge in [-0.2, -0.15) is 0 Å². The summed E-state index contributed by atoms with van der Waals surface area (Å²) in [6, 6.07) is 0. The second-order valence-corrected chi connectivity index (χ2v) is 1.16. The molecule has 0 radical (unpaired) electrons. The molecule has 0 saturated carbocycles. The summed E-state index contributed by atoms with van der Waals surface area (Å²) in [5, 5.41) is 0. The first-order chi connectivity index (χ1) is 3.31. The van der Waals surface area contributed by atoms with Gasteiger partial charge in [-0.25, -0.2) is 4.39 Å². The predicted octanol–water partition coefficient (Wildman–Crippen LogP) is 1.21. The Labute approximate surface area is 42.6 Å². The molecule has 0 aliphatic rings. The van der Waals surface area contributed by atoms with Gasteiger partial charge in [-0.15, -0.1) is 6.58 Å². The Hall–Kier alpha value is -0.660. The van der Waals surface area contributed by atoms with Crippen molar-refractivity contribution >= 4 is 6.72 Å². The molecule has 2 heteroatoms. The minimum absolute atomic E-state index is 0.128. The molecular formula is C5H8FN. The van der Waals surface area contributed by atoms with Gasteiger partial charge < -0.3 is 0 Å². The van der Waals surface area contributed by atoms with E-state index in [4.69, 9.17) is 0 Å². The summed E-state index contributed by atoms with van der Waals surface area (Å²) in [5.41, 5.74) is 0. The lowest BCUT2D eigenvalue weighted by molar-refractivity contribution is 0.410. The summed E-state index contributed by atoms with van der Waals surface area (Å²) in [5.74, 6) is 0. The van der Waals surface area contributed by atoms with Crippen LogP contribution in [0.1, 0.15) is 0 Å². The molecule has 0 rings (SSSR count). The Morgan fingerprint density at radius 3 is 2.57 bits per heavy atom. The zero-order valence-corrected chi connectivity index (χ0v) is 4.10. The molecule has 0 heterocycles. The van der Waals surface area contributed by atoms with Crippen LogP contribution < -0.4 is 0 Å². The lowest BCUT2D eigenvalue weighted by atomic mass is 10.4. The highest BCUT2D eigenvalue weighted by Gasteiger charge is 1.93. The van der Waals surface area contributed by atoms with Crippen LogP contribution in [0.3, 0.4) is 0 Å². The Kier molecular flexibility index (Phi) is 3.19. The minimum Gasteiger partial charge on any atom is -0.298 e. The van der Waals surface area contributed by atoms with Crippen LogP contribution in [-0.4, -0.2) is 19.4 Å². The highest BCUT2D eigenvalue weighted by molar-refractivity contribution is 5.23. The van der Waals surface area contributed by atoms with Crippen molar-refractivity contribution in [2.75, 3.05) is 6.54 Å². The fourth-order valence-electron chi connectivity index (χ4n) is 0.198. The molecule has 0 amide bonds. The summed E-state index contributed by atoms with van der Waals surface area (Å²) >= 11 is 0. The molecule has 0 aromatic carbocycles. The third-order valence-electron chi connectivity index (χ3n) is 0.559. The lowest BCUT2D eigenvalue weighted by Crippen LogP contribution is -1.97. The van der Waals surface area contributed by atoms with Crippen molar-refractivity contribution in [2.45, 2.75) is 6.17 Å². The molecule has 0 aromatic rings. The van der Waals surface area contributed by atoms with Crippen molar-refractivity contribution < 1.29 is 4.39 Å². The molecule has 0 aromatic heterocycles. The van der Waals surface area contributed by atoms with Crippen LogP contribution in [0.4, 0.5) is 4.39 Å². The monoisotopic (exact) mass is 101 g/mol. The Balaban J connectivity index is 3.15. The van der Waals surface area contributed by atoms with Crippen LogP contribution in [0.5, 0.6) is 0 Å². The van der Waals surface area contributed by atoms with Crippen LogP contribution >= 0.6 is 0 Å². The average molecular weight is 101 g/mol. The summed E-state index contributed by atoms with van der Waals surface area (Å²) in [6.07, 6.45) is 0.187. The molecule has 0 fully saturated rings. The van der Waals surface area contributed by atoms with E-state index >= 15 is 0 Å². The van der Waals surface area contributed by atoms with E-state index in [-0.39, 0.29) is 6.54 Å². The van der Waals surface area contributed by atoms with Gasteiger partial charge in [0.1, 0.15) is 6.17 Å². The van der Waals surface area contributed by atoms with E-state index in [1.165, 1.54) is 6.08 Å². The fourth-order valence-corrected chi connectivity index (χ4v) is 0.198. The maximum absolute atomic E-state index is 11.9. The van der Waals surface area contributed by atoms with E-state index in [0.717, 1.165) is 0 Å². The van der Waals surface area contributed by atoms with Crippen molar-refractivity contribution in [1.82, 2.24) is 0 Å². The number of aliphatic imine (C=N–C) groups is 1. The zero-order valence-electron chi connectivity index (χ0n) is 4.10. The van der Waals surface area contributed by atoms with E-state index in [0.29, 0.717) is 0 Å². The SMILES string of the molecule is C=CC(F)CN=C. The van der Waals surface area contributed by atoms with Crippen LogP contribution in [0.25, 0.3) is 0 Å². The number of hydrogen-bond acceptors (Lipinski definition) is 1. The molecule has 0 aliphatic heterocycles. The van der Waals surface area contributed by atoms with Crippen molar-refractivity contribution in [2.24, 2.45) is 4.99 Å². The standard InChI is InChI=1S/C5H8FN/c1-3-5(6)4-7-2/h3,5H,1-2,4H2. The molecule has 0 N–H and O–H groups in total. The number of halogens is 1. The number of rotatable bonds is 3. The maximum atomic E-state index is 11.9. The largest absolute Gasteiger partial charge is 0.298 e. The number of hydrogen-bond donors (Lipinski definition) is 0. The molecular weight excluding hydrogens is 93.1 g/mol. The number of alkyl halides is 1. The van der Waals surface area contributed by atoms with Gasteiger partial charge >= 0.3 is 0 Å². The van der Waals surface area contributed by atoms with E-state index < -0.39 is 6.17 Å². The van der Waals surface area contributed by atoms with E-state index in [1.54, 1.807) is 0 Å². The molecule has 0 bridgehead atoms. The van der Waals surface area contributed by atoms with Crippen LogP contribution in [0.15, 0.2) is 17.6 Å². The van der Waals surface area contributed by atoms with Gasteiger partial charge in [0.15, 0.2) is 0 Å². The van der Waals surface area contributed by atoms with E-state index in [9.17, 15) is 4.39 Å². The minimum atomic E-state index is -1.02. The second kappa shape index (κ2) is 3.53. The first kappa shape index (κ1) is 6.34. The molecule has 40 valence electrons. The summed E-state index contributed by atoms with van der Waals surface area (Å²) in [6.45, 7) is 6.46. The lowest BCUT2D eigenvalue weighted by Gasteiger charge is -1.91. The maximum Gasteiger partial charge on any atom is 0.137 e. The molecule has 1 atom stereocenters. The summed E-state index contributed by atoms with van der Waals surface area (Å²) in [4.78, 5) is 3.31. The van der Waals surface area contributed by atoms with Crippen LogP contribution in [-0.2, 0) is 0 Å². The molecule has 1 nitrogen and oxygen atoms in total. The van der Waals surface area contributed by atoms with Crippen molar-refractivity contribution in [3.63, 3.8) is 0 Å². The van der Waals surface area contributed by atoms with Crippen molar-refractivity contribution in [3.05, 3.63) is 12.7 Å². The van der Waals surface area contributed by atoms with Crippen molar-refractivity contribution in [3.8, 4) is 0 Å². The third kappa shape index (κ3) is 3.16. The quantitative estimate of drug-likeness (QED) is 0.374. The van der Waals surface area contributed by atoms with Crippen LogP contribution in [0, 0.1) is 0 Å².